The Morgan fingerprint density at radius 1 is 1.22 bits per heavy atom. The summed E-state index contributed by atoms with van der Waals surface area (Å²) in [5, 5.41) is 9.92. The van der Waals surface area contributed by atoms with Gasteiger partial charge in [-0.05, 0) is 45.1 Å². The lowest BCUT2D eigenvalue weighted by Crippen LogP contribution is -2.47. The maximum Gasteiger partial charge on any atom is 0.0593 e. The van der Waals surface area contributed by atoms with Crippen molar-refractivity contribution >= 4 is 0 Å². The molecule has 108 valence electrons. The second kappa shape index (κ2) is 8.89. The minimum atomic E-state index is -0.0933. The highest BCUT2D eigenvalue weighted by Crippen LogP contribution is 2.31. The zero-order valence-electron chi connectivity index (χ0n) is 12.4. The molecule has 1 rings (SSSR count). The van der Waals surface area contributed by atoms with Crippen LogP contribution in [-0.2, 0) is 4.74 Å². The first-order valence-corrected chi connectivity index (χ1v) is 7.72. The van der Waals surface area contributed by atoms with Crippen molar-refractivity contribution in [3.05, 3.63) is 0 Å². The minimum Gasteiger partial charge on any atom is -0.393 e. The van der Waals surface area contributed by atoms with E-state index >= 15 is 0 Å². The van der Waals surface area contributed by atoms with Gasteiger partial charge in [-0.15, -0.1) is 0 Å². The number of likely N-dealkylation sites (N-methyl/N-ethyl adjacent to an activating group) is 1. The first kappa shape index (κ1) is 15.9. The lowest BCUT2D eigenvalue weighted by atomic mass is 9.79. The predicted molar refractivity (Wildman–Crippen MR) is 75.8 cm³/mol. The monoisotopic (exact) mass is 257 g/mol. The summed E-state index contributed by atoms with van der Waals surface area (Å²) in [5.74, 6) is 0.764. The number of hydrogen-bond acceptors (Lipinski definition) is 3. The van der Waals surface area contributed by atoms with Gasteiger partial charge in [0.2, 0.25) is 0 Å². The van der Waals surface area contributed by atoms with Crippen LogP contribution in [0.3, 0.4) is 0 Å². The fraction of sp³-hybridized carbons (Fsp3) is 1.00. The minimum absolute atomic E-state index is 0.0933. The molecule has 1 fully saturated rings. The van der Waals surface area contributed by atoms with Crippen LogP contribution in [0, 0.1) is 5.92 Å². The second-order valence-electron chi connectivity index (χ2n) is 5.41. The van der Waals surface area contributed by atoms with E-state index < -0.39 is 0 Å². The normalized spacial score (nSPS) is 28.8. The summed E-state index contributed by atoms with van der Waals surface area (Å²) in [6, 6.07) is 0.555. The van der Waals surface area contributed by atoms with Crippen LogP contribution in [0.15, 0.2) is 0 Å². The Balaban J connectivity index is 2.53. The number of hydrogen-bond donors (Lipinski definition) is 1. The number of aliphatic hydroxyl groups is 1. The van der Waals surface area contributed by atoms with E-state index in [0.717, 1.165) is 45.1 Å². The van der Waals surface area contributed by atoms with Gasteiger partial charge in [-0.2, -0.15) is 0 Å². The third-order valence-electron chi connectivity index (χ3n) is 4.19. The molecule has 0 bridgehead atoms. The highest BCUT2D eigenvalue weighted by Gasteiger charge is 2.32. The smallest absolute Gasteiger partial charge is 0.0593 e. The van der Waals surface area contributed by atoms with E-state index in [2.05, 4.69) is 18.7 Å². The molecular formula is C15H31NO2. The van der Waals surface area contributed by atoms with Crippen molar-refractivity contribution in [1.29, 1.82) is 0 Å². The van der Waals surface area contributed by atoms with Gasteiger partial charge in [0, 0.05) is 19.2 Å². The standard InChI is InChI=1S/C15H31NO2/c1-4-7-13-8-9-14(17)12-15(13)16(5-2)10-11-18-6-3/h13-15,17H,4-12H2,1-3H3. The van der Waals surface area contributed by atoms with E-state index in [9.17, 15) is 5.11 Å². The van der Waals surface area contributed by atoms with Gasteiger partial charge in [0.1, 0.15) is 0 Å². The summed E-state index contributed by atoms with van der Waals surface area (Å²) in [4.78, 5) is 2.51. The zero-order chi connectivity index (χ0) is 13.4. The van der Waals surface area contributed by atoms with E-state index in [0.29, 0.717) is 6.04 Å². The predicted octanol–water partition coefficient (Wildman–Crippen LogP) is 2.67. The van der Waals surface area contributed by atoms with Crippen LogP contribution < -0.4 is 0 Å². The van der Waals surface area contributed by atoms with E-state index in [4.69, 9.17) is 4.74 Å². The molecule has 0 aliphatic heterocycles. The van der Waals surface area contributed by atoms with Crippen molar-refractivity contribution in [2.45, 2.75) is 65.0 Å². The topological polar surface area (TPSA) is 32.7 Å². The molecule has 0 radical (unpaired) electrons. The first-order chi connectivity index (χ1) is 8.72. The van der Waals surface area contributed by atoms with Crippen LogP contribution in [0.25, 0.3) is 0 Å². The van der Waals surface area contributed by atoms with Crippen LogP contribution in [-0.4, -0.2) is 48.5 Å². The molecule has 3 heteroatoms. The van der Waals surface area contributed by atoms with Crippen LogP contribution in [0.1, 0.15) is 52.9 Å². The van der Waals surface area contributed by atoms with Crippen LogP contribution in [0.2, 0.25) is 0 Å². The Morgan fingerprint density at radius 3 is 2.61 bits per heavy atom. The van der Waals surface area contributed by atoms with Crippen molar-refractivity contribution in [3.63, 3.8) is 0 Å². The largest absolute Gasteiger partial charge is 0.393 e. The van der Waals surface area contributed by atoms with Gasteiger partial charge in [-0.25, -0.2) is 0 Å². The Kier molecular flexibility index (Phi) is 7.87. The van der Waals surface area contributed by atoms with Gasteiger partial charge in [-0.3, -0.25) is 4.90 Å². The average molecular weight is 257 g/mol. The van der Waals surface area contributed by atoms with Gasteiger partial charge >= 0.3 is 0 Å². The molecule has 1 aliphatic rings. The van der Waals surface area contributed by atoms with Crippen molar-refractivity contribution in [2.75, 3.05) is 26.3 Å². The number of ether oxygens (including phenoxy) is 1. The van der Waals surface area contributed by atoms with Gasteiger partial charge in [0.25, 0.3) is 0 Å². The van der Waals surface area contributed by atoms with E-state index in [1.165, 1.54) is 19.3 Å². The maximum atomic E-state index is 9.92. The summed E-state index contributed by atoms with van der Waals surface area (Å²) in [7, 11) is 0. The molecule has 0 aromatic rings. The molecule has 1 saturated carbocycles. The Bertz CT molecular complexity index is 211. The van der Waals surface area contributed by atoms with E-state index in [1.54, 1.807) is 0 Å². The summed E-state index contributed by atoms with van der Waals surface area (Å²) in [6.45, 7) is 10.2. The molecule has 0 heterocycles. The molecule has 0 amide bonds. The molecular weight excluding hydrogens is 226 g/mol. The van der Waals surface area contributed by atoms with Crippen molar-refractivity contribution < 1.29 is 9.84 Å². The number of aliphatic hydroxyl groups excluding tert-OH is 1. The average Bonchev–Trinajstić information content (AvgIpc) is 2.37. The summed E-state index contributed by atoms with van der Waals surface area (Å²) in [5.41, 5.74) is 0. The Hall–Kier alpha value is -0.120. The van der Waals surface area contributed by atoms with Crippen molar-refractivity contribution in [2.24, 2.45) is 5.92 Å². The third kappa shape index (κ3) is 4.87. The van der Waals surface area contributed by atoms with Crippen molar-refractivity contribution in [1.82, 2.24) is 4.90 Å². The maximum absolute atomic E-state index is 9.92. The van der Waals surface area contributed by atoms with Gasteiger partial charge in [0.05, 0.1) is 12.7 Å². The zero-order valence-corrected chi connectivity index (χ0v) is 12.4. The molecule has 1 N–H and O–H groups in total. The van der Waals surface area contributed by atoms with Crippen LogP contribution in [0.4, 0.5) is 0 Å². The summed E-state index contributed by atoms with van der Waals surface area (Å²) < 4.78 is 5.47. The number of rotatable bonds is 8. The van der Waals surface area contributed by atoms with E-state index in [-0.39, 0.29) is 6.10 Å². The fourth-order valence-corrected chi connectivity index (χ4v) is 3.23. The lowest BCUT2D eigenvalue weighted by molar-refractivity contribution is 0.0120. The molecule has 1 aliphatic carbocycles. The molecule has 18 heavy (non-hydrogen) atoms. The number of nitrogens with zero attached hydrogens (tertiary/aromatic N) is 1. The van der Waals surface area contributed by atoms with Crippen LogP contribution in [0.5, 0.6) is 0 Å². The molecule has 0 saturated heterocycles. The first-order valence-electron chi connectivity index (χ1n) is 7.72. The Labute approximate surface area is 113 Å². The lowest BCUT2D eigenvalue weighted by Gasteiger charge is -2.41. The van der Waals surface area contributed by atoms with Crippen molar-refractivity contribution in [3.8, 4) is 0 Å². The summed E-state index contributed by atoms with van der Waals surface area (Å²) in [6.07, 6.45) is 5.58. The molecule has 0 aromatic heterocycles. The SMILES string of the molecule is CCCC1CCC(O)CC1N(CC)CCOCC. The molecule has 3 nitrogen and oxygen atoms in total. The Morgan fingerprint density at radius 2 is 2.00 bits per heavy atom. The highest BCUT2D eigenvalue weighted by molar-refractivity contribution is 4.86. The quantitative estimate of drug-likeness (QED) is 0.679. The molecule has 0 spiro atoms. The summed E-state index contributed by atoms with van der Waals surface area (Å²) >= 11 is 0. The highest BCUT2D eigenvalue weighted by atomic mass is 16.5. The van der Waals surface area contributed by atoms with Gasteiger partial charge in [0.15, 0.2) is 0 Å². The third-order valence-corrected chi connectivity index (χ3v) is 4.19. The molecule has 0 aromatic carbocycles. The van der Waals surface area contributed by atoms with Gasteiger partial charge in [-0.1, -0.05) is 20.3 Å². The molecule has 3 atom stereocenters. The van der Waals surface area contributed by atoms with Gasteiger partial charge < -0.3 is 9.84 Å². The molecule has 3 unspecified atom stereocenters. The fourth-order valence-electron chi connectivity index (χ4n) is 3.23. The second-order valence-corrected chi connectivity index (χ2v) is 5.41. The van der Waals surface area contributed by atoms with E-state index in [1.807, 2.05) is 6.92 Å². The van der Waals surface area contributed by atoms with Crippen LogP contribution >= 0.6 is 0 Å².